The fourth-order valence-electron chi connectivity index (χ4n) is 1.58. The second kappa shape index (κ2) is 5.15. The van der Waals surface area contributed by atoms with Gasteiger partial charge in [-0.15, -0.1) is 0 Å². The summed E-state index contributed by atoms with van der Waals surface area (Å²) in [5.41, 5.74) is 0.493. The molecule has 0 aliphatic carbocycles. The Morgan fingerprint density at radius 2 is 1.67 bits per heavy atom. The van der Waals surface area contributed by atoms with Crippen LogP contribution in [0.3, 0.4) is 0 Å². The Labute approximate surface area is 105 Å². The molecule has 0 spiro atoms. The lowest BCUT2D eigenvalue weighted by molar-refractivity contribution is 0.0996. The summed E-state index contributed by atoms with van der Waals surface area (Å²) < 4.78 is 13.5. The van der Waals surface area contributed by atoms with E-state index in [2.05, 4.69) is 6.04 Å². The maximum atomic E-state index is 13.5. The van der Waals surface area contributed by atoms with Gasteiger partial charge in [-0.1, -0.05) is 36.8 Å². The quantitative estimate of drug-likeness (QED) is 0.582. The number of hydrogen-bond acceptors (Lipinski definition) is 1. The summed E-state index contributed by atoms with van der Waals surface area (Å²) >= 11 is 0. The predicted molar refractivity (Wildman–Crippen MR) is 68.5 cm³/mol. The maximum absolute atomic E-state index is 13.5. The Morgan fingerprint density at radius 1 is 1.06 bits per heavy atom. The number of para-hydroxylation sites is 1. The van der Waals surface area contributed by atoms with Crippen molar-refractivity contribution < 1.29 is 9.18 Å². The third-order valence-electron chi connectivity index (χ3n) is 2.45. The van der Waals surface area contributed by atoms with Gasteiger partial charge in [0, 0.05) is 6.04 Å². The molecule has 1 amide bonds. The molecular weight excluding hydrogens is 229 g/mol. The molecule has 0 aliphatic rings. The summed E-state index contributed by atoms with van der Waals surface area (Å²) in [7, 11) is 0. The number of hydrogen-bond donors (Lipinski definition) is 0. The van der Waals surface area contributed by atoms with E-state index in [4.69, 9.17) is 6.42 Å². The highest BCUT2D eigenvalue weighted by Gasteiger charge is 2.18. The minimum Gasteiger partial charge on any atom is -0.267 e. The number of halogens is 1. The number of anilines is 1. The van der Waals surface area contributed by atoms with E-state index in [9.17, 15) is 9.18 Å². The van der Waals surface area contributed by atoms with E-state index in [1.807, 2.05) is 6.07 Å². The van der Waals surface area contributed by atoms with Crippen molar-refractivity contribution in [3.05, 3.63) is 66.0 Å². The molecule has 0 fully saturated rings. The van der Waals surface area contributed by atoms with Crippen molar-refractivity contribution in [1.29, 1.82) is 0 Å². The first-order chi connectivity index (χ1) is 8.74. The van der Waals surface area contributed by atoms with Gasteiger partial charge in [-0.05, 0) is 24.3 Å². The minimum absolute atomic E-state index is 0.0423. The second-order valence-electron chi connectivity index (χ2n) is 3.59. The molecule has 0 aliphatic heterocycles. The largest absolute Gasteiger partial charge is 0.272 e. The van der Waals surface area contributed by atoms with Gasteiger partial charge in [0.1, 0.15) is 5.82 Å². The topological polar surface area (TPSA) is 20.3 Å². The van der Waals surface area contributed by atoms with Crippen LogP contribution in [0.15, 0.2) is 54.6 Å². The van der Waals surface area contributed by atoms with E-state index in [1.165, 1.54) is 18.2 Å². The zero-order valence-electron chi connectivity index (χ0n) is 9.51. The normalized spacial score (nSPS) is 9.56. The lowest BCUT2D eigenvalue weighted by Crippen LogP contribution is -2.26. The van der Waals surface area contributed by atoms with Crippen LogP contribution in [0.5, 0.6) is 0 Å². The van der Waals surface area contributed by atoms with Crippen LogP contribution in [0.4, 0.5) is 10.1 Å². The highest BCUT2D eigenvalue weighted by Crippen LogP contribution is 2.17. The Bertz CT molecular complexity index is 601. The first kappa shape index (κ1) is 11.9. The van der Waals surface area contributed by atoms with Crippen LogP contribution in [0, 0.1) is 18.3 Å². The van der Waals surface area contributed by atoms with Gasteiger partial charge in [-0.3, -0.25) is 4.79 Å². The van der Waals surface area contributed by atoms with Crippen molar-refractivity contribution in [1.82, 2.24) is 0 Å². The van der Waals surface area contributed by atoms with Crippen LogP contribution in [-0.2, 0) is 0 Å². The Hall–Kier alpha value is -2.60. The number of carbonyl (C=O) groups is 1. The minimum atomic E-state index is -0.585. The number of terminal acetylenes is 1. The molecule has 2 aromatic rings. The molecule has 0 radical (unpaired) electrons. The molecular formula is C15H10FNO. The summed E-state index contributed by atoms with van der Waals surface area (Å²) in [6.07, 6.45) is 5.33. The average molecular weight is 239 g/mol. The van der Waals surface area contributed by atoms with E-state index in [0.29, 0.717) is 5.69 Å². The van der Waals surface area contributed by atoms with Crippen molar-refractivity contribution >= 4 is 11.6 Å². The van der Waals surface area contributed by atoms with Gasteiger partial charge in [-0.2, -0.15) is 0 Å². The number of nitrogens with zero attached hydrogens (tertiary/aromatic N) is 1. The van der Waals surface area contributed by atoms with E-state index < -0.39 is 11.7 Å². The van der Waals surface area contributed by atoms with Crippen molar-refractivity contribution in [2.45, 2.75) is 0 Å². The third kappa shape index (κ3) is 2.23. The molecule has 88 valence electrons. The van der Waals surface area contributed by atoms with Crippen LogP contribution < -0.4 is 4.90 Å². The standard InChI is InChI=1S/C15H10FNO/c1-2-17(12-8-4-3-5-9-12)15(18)13-10-6-7-11-14(13)16/h1,3-11H. The molecule has 2 nitrogen and oxygen atoms in total. The SMILES string of the molecule is C#CN(C(=O)c1ccccc1F)c1ccccc1. The van der Waals surface area contributed by atoms with E-state index in [-0.39, 0.29) is 5.56 Å². The summed E-state index contributed by atoms with van der Waals surface area (Å²) in [5, 5.41) is 0. The lowest BCUT2D eigenvalue weighted by atomic mass is 10.1. The summed E-state index contributed by atoms with van der Waals surface area (Å²) in [6, 6.07) is 16.7. The van der Waals surface area contributed by atoms with Crippen molar-refractivity contribution in [2.75, 3.05) is 4.90 Å². The van der Waals surface area contributed by atoms with Gasteiger partial charge in [0.25, 0.3) is 5.91 Å². The molecule has 0 N–H and O–H groups in total. The first-order valence-electron chi connectivity index (χ1n) is 5.34. The predicted octanol–water partition coefficient (Wildman–Crippen LogP) is 3.06. The Balaban J connectivity index is 2.39. The van der Waals surface area contributed by atoms with Crippen molar-refractivity contribution in [3.8, 4) is 12.5 Å². The van der Waals surface area contributed by atoms with E-state index in [0.717, 1.165) is 4.90 Å². The number of benzene rings is 2. The van der Waals surface area contributed by atoms with Gasteiger partial charge in [0.15, 0.2) is 0 Å². The molecule has 18 heavy (non-hydrogen) atoms. The van der Waals surface area contributed by atoms with E-state index in [1.54, 1.807) is 30.3 Å². The zero-order chi connectivity index (χ0) is 13.0. The molecule has 0 aromatic heterocycles. The average Bonchev–Trinajstić information content (AvgIpc) is 2.41. The van der Waals surface area contributed by atoms with Crippen LogP contribution in [-0.4, -0.2) is 5.91 Å². The molecule has 0 atom stereocenters. The summed E-state index contributed by atoms with van der Waals surface area (Å²) in [6.45, 7) is 0. The lowest BCUT2D eigenvalue weighted by Gasteiger charge is -2.15. The molecule has 3 heteroatoms. The molecule has 0 bridgehead atoms. The number of amides is 1. The number of rotatable bonds is 2. The maximum Gasteiger partial charge on any atom is 0.272 e. The molecule has 0 unspecified atom stereocenters. The van der Waals surface area contributed by atoms with Gasteiger partial charge < -0.3 is 0 Å². The zero-order valence-corrected chi connectivity index (χ0v) is 9.51. The van der Waals surface area contributed by atoms with Gasteiger partial charge in [0.2, 0.25) is 0 Å². The Morgan fingerprint density at radius 3 is 2.28 bits per heavy atom. The molecule has 2 rings (SSSR count). The molecule has 0 saturated carbocycles. The van der Waals surface area contributed by atoms with Gasteiger partial charge in [-0.25, -0.2) is 9.29 Å². The highest BCUT2D eigenvalue weighted by molar-refractivity contribution is 6.08. The fourth-order valence-corrected chi connectivity index (χ4v) is 1.58. The number of carbonyl (C=O) groups excluding carboxylic acids is 1. The fraction of sp³-hybridized carbons (Fsp3) is 0. The van der Waals surface area contributed by atoms with Crippen LogP contribution >= 0.6 is 0 Å². The van der Waals surface area contributed by atoms with Crippen molar-refractivity contribution in [3.63, 3.8) is 0 Å². The van der Waals surface area contributed by atoms with Gasteiger partial charge in [0.05, 0.1) is 11.3 Å². The first-order valence-corrected chi connectivity index (χ1v) is 5.34. The smallest absolute Gasteiger partial charge is 0.267 e. The van der Waals surface area contributed by atoms with E-state index >= 15 is 0 Å². The monoisotopic (exact) mass is 239 g/mol. The van der Waals surface area contributed by atoms with Crippen molar-refractivity contribution in [2.24, 2.45) is 0 Å². The second-order valence-corrected chi connectivity index (χ2v) is 3.59. The molecule has 2 aromatic carbocycles. The molecule has 0 saturated heterocycles. The van der Waals surface area contributed by atoms with Crippen LogP contribution in [0.2, 0.25) is 0 Å². The third-order valence-corrected chi connectivity index (χ3v) is 2.45. The van der Waals surface area contributed by atoms with Crippen LogP contribution in [0.25, 0.3) is 0 Å². The van der Waals surface area contributed by atoms with Gasteiger partial charge >= 0.3 is 0 Å². The van der Waals surface area contributed by atoms with Crippen LogP contribution in [0.1, 0.15) is 10.4 Å². The molecule has 0 heterocycles. The summed E-state index contributed by atoms with van der Waals surface area (Å²) in [4.78, 5) is 13.2. The highest BCUT2D eigenvalue weighted by atomic mass is 19.1. The summed E-state index contributed by atoms with van der Waals surface area (Å²) in [5.74, 6) is -1.14. The Kier molecular flexibility index (Phi) is 3.40.